The van der Waals surface area contributed by atoms with E-state index in [-0.39, 0.29) is 0 Å². The predicted octanol–water partition coefficient (Wildman–Crippen LogP) is 1.95. The summed E-state index contributed by atoms with van der Waals surface area (Å²) in [7, 11) is 2.11. The first-order valence-corrected chi connectivity index (χ1v) is 6.04. The smallest absolute Gasteiger partial charge is 0.122 e. The van der Waals surface area contributed by atoms with Crippen LogP contribution in [0.3, 0.4) is 0 Å². The van der Waals surface area contributed by atoms with Crippen molar-refractivity contribution in [3.8, 4) is 0 Å². The Hall–Kier alpha value is -1.16. The zero-order valence-corrected chi connectivity index (χ0v) is 10.3. The minimum Gasteiger partial charge on any atom is -0.388 e. The average molecular weight is 235 g/mol. The Morgan fingerprint density at radius 3 is 2.75 bits per heavy atom. The maximum atomic E-state index is 5.51. The van der Waals surface area contributed by atoms with Crippen LogP contribution in [0, 0.1) is 5.92 Å². The molecule has 0 unspecified atom stereocenters. The van der Waals surface area contributed by atoms with Gasteiger partial charge in [-0.2, -0.15) is 0 Å². The van der Waals surface area contributed by atoms with Gasteiger partial charge < -0.3 is 10.6 Å². The number of hydrogen-bond donors (Lipinski definition) is 1. The van der Waals surface area contributed by atoms with Crippen molar-refractivity contribution in [1.82, 2.24) is 4.98 Å². The largest absolute Gasteiger partial charge is 0.388 e. The molecule has 1 aromatic rings. The van der Waals surface area contributed by atoms with Gasteiger partial charge in [-0.1, -0.05) is 18.6 Å². The summed E-state index contributed by atoms with van der Waals surface area (Å²) in [5.74, 6) is 0.861. The van der Waals surface area contributed by atoms with Crippen molar-refractivity contribution in [2.24, 2.45) is 11.7 Å². The van der Waals surface area contributed by atoms with Gasteiger partial charge in [-0.25, -0.2) is 0 Å². The molecule has 0 aromatic carbocycles. The molecule has 1 saturated carbocycles. The Bertz CT molecular complexity index is 370. The van der Waals surface area contributed by atoms with Crippen molar-refractivity contribution in [2.45, 2.75) is 19.3 Å². The molecule has 16 heavy (non-hydrogen) atoms. The fraction of sp³-hybridized carbons (Fsp3) is 0.500. The van der Waals surface area contributed by atoms with Gasteiger partial charge in [0.1, 0.15) is 4.99 Å². The highest BCUT2D eigenvalue weighted by atomic mass is 32.1. The van der Waals surface area contributed by atoms with E-state index in [9.17, 15) is 0 Å². The van der Waals surface area contributed by atoms with Gasteiger partial charge in [-0.15, -0.1) is 0 Å². The summed E-state index contributed by atoms with van der Waals surface area (Å²) in [6.07, 6.45) is 5.95. The number of hydrogen-bond acceptors (Lipinski definition) is 3. The van der Waals surface area contributed by atoms with Crippen LogP contribution >= 0.6 is 12.2 Å². The topological polar surface area (TPSA) is 42.1 Å². The fourth-order valence-electron chi connectivity index (χ4n) is 1.93. The maximum absolute atomic E-state index is 5.51. The number of thiocarbonyl (C=S) groups is 1. The Morgan fingerprint density at radius 1 is 1.56 bits per heavy atom. The SMILES string of the molecule is CN(CC1CCC1)c1ccc(C(N)=S)nc1. The van der Waals surface area contributed by atoms with Crippen molar-refractivity contribution in [3.63, 3.8) is 0 Å². The monoisotopic (exact) mass is 235 g/mol. The van der Waals surface area contributed by atoms with E-state index in [1.165, 1.54) is 19.3 Å². The predicted molar refractivity (Wildman–Crippen MR) is 70.7 cm³/mol. The second-order valence-corrected chi connectivity index (χ2v) is 4.88. The van der Waals surface area contributed by atoms with Crippen molar-refractivity contribution in [2.75, 3.05) is 18.5 Å². The van der Waals surface area contributed by atoms with Crippen LogP contribution in [0.2, 0.25) is 0 Å². The normalized spacial score (nSPS) is 15.6. The Kier molecular flexibility index (Phi) is 3.39. The standard InChI is InChI=1S/C12H17N3S/c1-15(8-9-3-2-4-9)10-5-6-11(12(13)16)14-7-10/h5-7,9H,2-4,8H2,1H3,(H2,13,16). The van der Waals surface area contributed by atoms with E-state index >= 15 is 0 Å². The lowest BCUT2D eigenvalue weighted by Gasteiger charge is -2.31. The van der Waals surface area contributed by atoms with Crippen molar-refractivity contribution in [3.05, 3.63) is 24.0 Å². The summed E-state index contributed by atoms with van der Waals surface area (Å²) in [4.78, 5) is 6.85. The minimum absolute atomic E-state index is 0.355. The maximum Gasteiger partial charge on any atom is 0.122 e. The fourth-order valence-corrected chi connectivity index (χ4v) is 2.05. The summed E-state index contributed by atoms with van der Waals surface area (Å²) in [5.41, 5.74) is 7.33. The quantitative estimate of drug-likeness (QED) is 0.810. The molecular weight excluding hydrogens is 218 g/mol. The first-order chi connectivity index (χ1) is 7.66. The van der Waals surface area contributed by atoms with Crippen LogP contribution in [0.5, 0.6) is 0 Å². The number of aromatic nitrogens is 1. The third-order valence-corrected chi connectivity index (χ3v) is 3.41. The molecule has 0 radical (unpaired) electrons. The molecule has 2 N–H and O–H groups in total. The highest BCUT2D eigenvalue weighted by molar-refractivity contribution is 7.80. The molecular formula is C12H17N3S. The van der Waals surface area contributed by atoms with Gasteiger partial charge in [0.05, 0.1) is 17.6 Å². The molecule has 0 saturated heterocycles. The summed E-state index contributed by atoms with van der Waals surface area (Å²) >= 11 is 4.87. The minimum atomic E-state index is 0.355. The molecule has 1 aliphatic rings. The molecule has 0 spiro atoms. The van der Waals surface area contributed by atoms with E-state index in [1.807, 2.05) is 18.3 Å². The first-order valence-electron chi connectivity index (χ1n) is 5.64. The summed E-state index contributed by atoms with van der Waals surface area (Å²) in [5, 5.41) is 0. The number of nitrogens with two attached hydrogens (primary N) is 1. The summed E-state index contributed by atoms with van der Waals surface area (Å²) in [6.45, 7) is 1.12. The van der Waals surface area contributed by atoms with Gasteiger partial charge in [0.15, 0.2) is 0 Å². The van der Waals surface area contributed by atoms with Gasteiger partial charge >= 0.3 is 0 Å². The van der Waals surface area contributed by atoms with Gasteiger partial charge in [0.2, 0.25) is 0 Å². The van der Waals surface area contributed by atoms with Gasteiger partial charge in [0.25, 0.3) is 0 Å². The molecule has 3 nitrogen and oxygen atoms in total. The van der Waals surface area contributed by atoms with Crippen LogP contribution in [0.25, 0.3) is 0 Å². The molecule has 1 aromatic heterocycles. The van der Waals surface area contributed by atoms with Crippen molar-refractivity contribution in [1.29, 1.82) is 0 Å². The second kappa shape index (κ2) is 4.78. The number of pyridine rings is 1. The van der Waals surface area contributed by atoms with Crippen LogP contribution in [-0.2, 0) is 0 Å². The Balaban J connectivity index is 1.99. The van der Waals surface area contributed by atoms with Crippen molar-refractivity contribution >= 4 is 22.9 Å². The van der Waals surface area contributed by atoms with Gasteiger partial charge in [-0.3, -0.25) is 4.98 Å². The molecule has 0 atom stereocenters. The van der Waals surface area contributed by atoms with Crippen LogP contribution in [-0.4, -0.2) is 23.6 Å². The molecule has 1 heterocycles. The van der Waals surface area contributed by atoms with Crippen LogP contribution in [0.4, 0.5) is 5.69 Å². The van der Waals surface area contributed by atoms with E-state index in [4.69, 9.17) is 18.0 Å². The number of anilines is 1. The third kappa shape index (κ3) is 2.50. The molecule has 4 heteroatoms. The van der Waals surface area contributed by atoms with E-state index in [2.05, 4.69) is 16.9 Å². The Labute approximate surface area is 102 Å². The van der Waals surface area contributed by atoms with E-state index in [1.54, 1.807) is 0 Å². The zero-order chi connectivity index (χ0) is 11.5. The first kappa shape index (κ1) is 11.3. The summed E-state index contributed by atoms with van der Waals surface area (Å²) in [6, 6.07) is 3.91. The number of rotatable bonds is 4. The van der Waals surface area contributed by atoms with Crippen LogP contribution in [0.15, 0.2) is 18.3 Å². The molecule has 0 bridgehead atoms. The molecule has 1 fully saturated rings. The molecule has 86 valence electrons. The van der Waals surface area contributed by atoms with Crippen molar-refractivity contribution < 1.29 is 0 Å². The molecule has 0 amide bonds. The van der Waals surface area contributed by atoms with E-state index in [0.29, 0.717) is 10.7 Å². The highest BCUT2D eigenvalue weighted by Gasteiger charge is 2.19. The highest BCUT2D eigenvalue weighted by Crippen LogP contribution is 2.28. The molecule has 1 aliphatic carbocycles. The number of nitrogens with zero attached hydrogens (tertiary/aromatic N) is 2. The van der Waals surface area contributed by atoms with E-state index in [0.717, 1.165) is 18.2 Å². The molecule has 0 aliphatic heterocycles. The molecule has 2 rings (SSSR count). The lowest BCUT2D eigenvalue weighted by Crippen LogP contribution is -2.29. The van der Waals surface area contributed by atoms with Crippen LogP contribution in [0.1, 0.15) is 25.0 Å². The van der Waals surface area contributed by atoms with Gasteiger partial charge in [-0.05, 0) is 30.9 Å². The Morgan fingerprint density at radius 2 is 2.31 bits per heavy atom. The van der Waals surface area contributed by atoms with Crippen LogP contribution < -0.4 is 10.6 Å². The van der Waals surface area contributed by atoms with Gasteiger partial charge in [0, 0.05) is 13.6 Å². The average Bonchev–Trinajstić information content (AvgIpc) is 2.23. The zero-order valence-electron chi connectivity index (χ0n) is 9.52. The van der Waals surface area contributed by atoms with E-state index < -0.39 is 0 Å². The second-order valence-electron chi connectivity index (χ2n) is 4.44. The lowest BCUT2D eigenvalue weighted by molar-refractivity contribution is 0.321. The summed E-state index contributed by atoms with van der Waals surface area (Å²) < 4.78 is 0. The third-order valence-electron chi connectivity index (χ3n) is 3.20. The lowest BCUT2D eigenvalue weighted by atomic mass is 9.85.